The Morgan fingerprint density at radius 1 is 1.23 bits per heavy atom. The van der Waals surface area contributed by atoms with Crippen LogP contribution in [0, 0.1) is 0 Å². The molecule has 2 amide bonds. The summed E-state index contributed by atoms with van der Waals surface area (Å²) in [5, 5.41) is 16.5. The molecule has 0 saturated carbocycles. The van der Waals surface area contributed by atoms with Gasteiger partial charge in [0.05, 0.1) is 11.3 Å². The van der Waals surface area contributed by atoms with Gasteiger partial charge in [-0.1, -0.05) is 6.07 Å². The largest absolute Gasteiger partial charge is 0.530 e. The van der Waals surface area contributed by atoms with Crippen molar-refractivity contribution in [3.05, 3.63) is 35.0 Å². The normalized spacial score (nSPS) is 16.5. The molecule has 0 radical (unpaired) electrons. The van der Waals surface area contributed by atoms with Crippen LogP contribution in [0.15, 0.2) is 23.9 Å². The summed E-state index contributed by atoms with van der Waals surface area (Å²) in [6.45, 7) is 4.53. The zero-order chi connectivity index (χ0) is 19.9. The molecule has 2 rings (SSSR count). The van der Waals surface area contributed by atoms with E-state index in [-0.39, 0.29) is 22.1 Å². The number of hydrogen-bond acceptors (Lipinski definition) is 4. The zero-order valence-electron chi connectivity index (χ0n) is 14.0. The number of alkyl halides is 3. The summed E-state index contributed by atoms with van der Waals surface area (Å²) < 4.78 is 39.3. The zero-order valence-corrected chi connectivity index (χ0v) is 14.8. The van der Waals surface area contributed by atoms with Gasteiger partial charge in [0.2, 0.25) is 0 Å². The number of halogens is 3. The van der Waals surface area contributed by atoms with Crippen LogP contribution in [0.3, 0.4) is 0 Å². The van der Waals surface area contributed by atoms with Gasteiger partial charge in [0.25, 0.3) is 5.91 Å². The van der Waals surface area contributed by atoms with Gasteiger partial charge in [-0.05, 0) is 51.2 Å². The minimum atomic E-state index is -4.67. The highest BCUT2D eigenvalue weighted by atomic mass is 32.1. The number of nitrogens with zero attached hydrogens (tertiary/aromatic N) is 1. The molecule has 140 valence electrons. The molecule has 1 fully saturated rings. The Labute approximate surface area is 152 Å². The van der Waals surface area contributed by atoms with Crippen molar-refractivity contribution < 1.29 is 27.9 Å². The fourth-order valence-electron chi connectivity index (χ4n) is 2.41. The molecule has 2 N–H and O–H groups in total. The summed E-state index contributed by atoms with van der Waals surface area (Å²) in [7, 11) is 0. The molecule has 0 aromatic heterocycles. The third-order valence-corrected chi connectivity index (χ3v) is 3.68. The number of amides is 2. The van der Waals surface area contributed by atoms with E-state index in [0.717, 1.165) is 12.1 Å². The first-order valence-corrected chi connectivity index (χ1v) is 7.78. The van der Waals surface area contributed by atoms with Crippen molar-refractivity contribution in [3.63, 3.8) is 0 Å². The Balaban J connectivity index is 2.69. The van der Waals surface area contributed by atoms with E-state index in [4.69, 9.17) is 12.2 Å². The highest BCUT2D eigenvalue weighted by molar-refractivity contribution is 7.80. The Morgan fingerprint density at radius 3 is 2.27 bits per heavy atom. The molecule has 1 aromatic carbocycles. The predicted octanol–water partition coefficient (Wildman–Crippen LogP) is 2.00. The molecule has 0 atom stereocenters. The van der Waals surface area contributed by atoms with Crippen LogP contribution in [0.5, 0.6) is 0 Å². The van der Waals surface area contributed by atoms with E-state index >= 15 is 0 Å². The first kappa shape index (κ1) is 19.7. The Morgan fingerprint density at radius 2 is 1.85 bits per heavy atom. The number of anilines is 1. The number of nitrogens with one attached hydrogen (secondary N) is 2. The molecule has 10 heteroatoms. The molecule has 6 nitrogen and oxygen atoms in total. The van der Waals surface area contributed by atoms with Gasteiger partial charge < -0.3 is 20.1 Å². The quantitative estimate of drug-likeness (QED) is 0.600. The maximum absolute atomic E-state index is 13.1. The number of thiocarbonyl (C=S) groups is 1. The maximum atomic E-state index is 13.1. The summed E-state index contributed by atoms with van der Waals surface area (Å²) in [6.07, 6.45) is -5.11. The maximum Gasteiger partial charge on any atom is 0.416 e. The average molecular weight is 386 g/mol. The monoisotopic (exact) mass is 386 g/mol. The van der Waals surface area contributed by atoms with Gasteiger partial charge in [-0.15, -0.1) is 0 Å². The first-order chi connectivity index (χ1) is 11.8. The fraction of sp³-hybridized carbons (Fsp3) is 0.312. The van der Waals surface area contributed by atoms with Crippen molar-refractivity contribution in [1.82, 2.24) is 10.6 Å². The topological polar surface area (TPSA) is 84.5 Å². The minimum Gasteiger partial charge on any atom is -0.530 e. The molecule has 0 spiro atoms. The third kappa shape index (κ3) is 4.13. The van der Waals surface area contributed by atoms with Crippen molar-refractivity contribution in [2.75, 3.05) is 4.90 Å². The third-order valence-electron chi connectivity index (χ3n) is 3.47. The number of carboxylic acid groups (broad SMARTS) is 1. The minimum absolute atomic E-state index is 0.0109. The van der Waals surface area contributed by atoms with Crippen LogP contribution in [0.4, 0.5) is 23.7 Å². The van der Waals surface area contributed by atoms with E-state index in [9.17, 15) is 27.9 Å². The molecular formula is C16H15F3N3O3S-. The van der Waals surface area contributed by atoms with E-state index in [1.54, 1.807) is 0 Å². The van der Waals surface area contributed by atoms with Crippen LogP contribution < -0.4 is 20.6 Å². The van der Waals surface area contributed by atoms with Crippen molar-refractivity contribution in [2.45, 2.75) is 32.5 Å². The van der Waals surface area contributed by atoms with Crippen LogP contribution in [-0.4, -0.2) is 22.7 Å². The fourth-order valence-corrected chi connectivity index (χ4v) is 2.61. The second-order valence-corrected chi connectivity index (χ2v) is 6.92. The molecule has 26 heavy (non-hydrogen) atoms. The second-order valence-electron chi connectivity index (χ2n) is 6.51. The van der Waals surface area contributed by atoms with Crippen molar-refractivity contribution >= 4 is 41.1 Å². The lowest BCUT2D eigenvalue weighted by Crippen LogP contribution is -2.52. The van der Waals surface area contributed by atoms with E-state index in [1.165, 1.54) is 26.8 Å². The highest BCUT2D eigenvalue weighted by Gasteiger charge is 2.33. The Hall–Kier alpha value is -2.62. The standard InChI is InChI=1S/C16H16F3N3O3S/c1-15(2,3)22(14(24)25)11-7-9(16(17,18)19)5-4-8(11)6-10-12(23)21-13(26)20-10/h4-7H,1-3H3,(H,24,25)(H2,20,21,23,26)/p-1. The molecule has 0 unspecified atom stereocenters. The molecule has 1 saturated heterocycles. The van der Waals surface area contributed by atoms with E-state index < -0.39 is 29.3 Å². The SMILES string of the molecule is CC(C)(C)N(C(=O)[O-])c1cc(C(F)(F)F)ccc1C=C1NC(=S)NC1=O. The molecular weight excluding hydrogens is 371 g/mol. The molecule has 0 aliphatic carbocycles. The van der Waals surface area contributed by atoms with E-state index in [2.05, 4.69) is 10.6 Å². The van der Waals surface area contributed by atoms with Gasteiger partial charge in [-0.25, -0.2) is 0 Å². The lowest BCUT2D eigenvalue weighted by molar-refractivity contribution is -0.247. The molecule has 1 aliphatic heterocycles. The summed E-state index contributed by atoms with van der Waals surface area (Å²) in [4.78, 5) is 24.1. The van der Waals surface area contributed by atoms with Crippen molar-refractivity contribution in [2.24, 2.45) is 0 Å². The second kappa shape index (κ2) is 6.60. The van der Waals surface area contributed by atoms with Crippen molar-refractivity contribution in [1.29, 1.82) is 0 Å². The lowest BCUT2D eigenvalue weighted by Gasteiger charge is -2.39. The average Bonchev–Trinajstić information content (AvgIpc) is 2.75. The predicted molar refractivity (Wildman–Crippen MR) is 90.9 cm³/mol. The number of carbonyl (C=O) groups is 2. The van der Waals surface area contributed by atoms with Crippen LogP contribution in [-0.2, 0) is 11.0 Å². The lowest BCUT2D eigenvalue weighted by atomic mass is 10.0. The van der Waals surface area contributed by atoms with Gasteiger partial charge in [-0.3, -0.25) is 10.1 Å². The van der Waals surface area contributed by atoms with Gasteiger partial charge in [0, 0.05) is 11.1 Å². The summed E-state index contributed by atoms with van der Waals surface area (Å²) >= 11 is 4.80. The van der Waals surface area contributed by atoms with Crippen LogP contribution in [0.2, 0.25) is 0 Å². The molecule has 1 heterocycles. The number of carbonyl (C=O) groups excluding carboxylic acids is 2. The number of rotatable bonds is 2. The van der Waals surface area contributed by atoms with Crippen LogP contribution in [0.25, 0.3) is 6.08 Å². The number of benzene rings is 1. The van der Waals surface area contributed by atoms with Gasteiger partial charge in [-0.2, -0.15) is 13.2 Å². The first-order valence-electron chi connectivity index (χ1n) is 7.37. The number of hydrogen-bond donors (Lipinski definition) is 2. The summed E-state index contributed by atoms with van der Waals surface area (Å²) in [5.74, 6) is -0.573. The van der Waals surface area contributed by atoms with Crippen LogP contribution >= 0.6 is 12.2 Å². The molecule has 1 aromatic rings. The molecule has 0 bridgehead atoms. The van der Waals surface area contributed by atoms with Gasteiger partial charge >= 0.3 is 6.18 Å². The van der Waals surface area contributed by atoms with Crippen LogP contribution in [0.1, 0.15) is 31.9 Å². The Bertz CT molecular complexity index is 813. The molecule has 1 aliphatic rings. The van der Waals surface area contributed by atoms with Gasteiger partial charge in [0.1, 0.15) is 11.8 Å². The van der Waals surface area contributed by atoms with Crippen molar-refractivity contribution in [3.8, 4) is 0 Å². The smallest absolute Gasteiger partial charge is 0.416 e. The van der Waals surface area contributed by atoms with E-state index in [0.29, 0.717) is 11.0 Å². The summed E-state index contributed by atoms with van der Waals surface area (Å²) in [6, 6.07) is 2.60. The highest BCUT2D eigenvalue weighted by Crippen LogP contribution is 2.36. The Kier molecular flexibility index (Phi) is 5.00. The summed E-state index contributed by atoms with van der Waals surface area (Å²) in [5.41, 5.74) is -2.30. The van der Waals surface area contributed by atoms with Gasteiger partial charge in [0.15, 0.2) is 5.11 Å². The van der Waals surface area contributed by atoms with E-state index in [1.807, 2.05) is 0 Å².